The summed E-state index contributed by atoms with van der Waals surface area (Å²) in [7, 11) is 0. The van der Waals surface area contributed by atoms with Crippen molar-refractivity contribution in [3.63, 3.8) is 0 Å². The van der Waals surface area contributed by atoms with Crippen molar-refractivity contribution in [3.8, 4) is 0 Å². The fourth-order valence-electron chi connectivity index (χ4n) is 1.38. The van der Waals surface area contributed by atoms with Gasteiger partial charge in [0, 0.05) is 21.7 Å². The van der Waals surface area contributed by atoms with Gasteiger partial charge in [0.2, 0.25) is 0 Å². The zero-order chi connectivity index (χ0) is 7.52. The summed E-state index contributed by atoms with van der Waals surface area (Å²) in [5, 5.41) is 0. The Bertz CT molecular complexity index is 244. The van der Waals surface area contributed by atoms with Crippen molar-refractivity contribution in [2.45, 2.75) is 12.8 Å². The van der Waals surface area contributed by atoms with E-state index in [-0.39, 0.29) is 38.7 Å². The van der Waals surface area contributed by atoms with E-state index in [0.717, 1.165) is 12.8 Å². The average Bonchev–Trinajstić information content (AvgIpc) is 2.60. The Morgan fingerprint density at radius 3 is 1.69 bits per heavy atom. The van der Waals surface area contributed by atoms with Crippen molar-refractivity contribution in [1.82, 2.24) is 0 Å². The average molecular weight is 272 g/mol. The third-order valence-electron chi connectivity index (χ3n) is 1.97. The van der Waals surface area contributed by atoms with Crippen LogP contribution in [0, 0.1) is 6.42 Å². The van der Waals surface area contributed by atoms with E-state index in [9.17, 15) is 0 Å². The zero-order valence-corrected chi connectivity index (χ0v) is 10.6. The zero-order valence-electron chi connectivity index (χ0n) is 7.36. The Hall–Kier alpha value is 0.0243. The Kier molecular flexibility index (Phi) is 6.49. The molecule has 13 heavy (non-hydrogen) atoms. The molecule has 2 rings (SSSR count). The molecule has 0 spiro atoms. The van der Waals surface area contributed by atoms with Crippen LogP contribution in [0.15, 0.2) is 47.6 Å². The topological polar surface area (TPSA) is 0 Å². The van der Waals surface area contributed by atoms with Gasteiger partial charge in [0.25, 0.3) is 0 Å². The van der Waals surface area contributed by atoms with Gasteiger partial charge in [0.15, 0.2) is 0 Å². The van der Waals surface area contributed by atoms with E-state index in [0.29, 0.717) is 0 Å². The van der Waals surface area contributed by atoms with E-state index < -0.39 is 0 Å². The van der Waals surface area contributed by atoms with Crippen molar-refractivity contribution < 1.29 is 21.7 Å². The largest absolute Gasteiger partial charge is 0.163 e. The van der Waals surface area contributed by atoms with Gasteiger partial charge >= 0.3 is 0 Å². The van der Waals surface area contributed by atoms with E-state index in [1.54, 1.807) is 0 Å². The van der Waals surface area contributed by atoms with Crippen LogP contribution in [0.25, 0.3) is 0 Å². The Morgan fingerprint density at radius 2 is 1.38 bits per heavy atom. The molecule has 68 valence electrons. The van der Waals surface area contributed by atoms with Crippen LogP contribution in [0.2, 0.25) is 0 Å². The van der Waals surface area contributed by atoms with Crippen LogP contribution in [0.1, 0.15) is 12.8 Å². The van der Waals surface area contributed by atoms with E-state index in [2.05, 4.69) is 42.9 Å². The molecule has 0 saturated carbocycles. The summed E-state index contributed by atoms with van der Waals surface area (Å²) in [6.45, 7) is 0. The first-order chi connectivity index (χ1) is 5.45. The van der Waals surface area contributed by atoms with Crippen LogP contribution in [0.4, 0.5) is 0 Å². The number of hydrogen-bond acceptors (Lipinski definition) is 0. The van der Waals surface area contributed by atoms with Crippen LogP contribution >= 0.6 is 17.0 Å². The molecule has 0 aromatic heterocycles. The molecule has 2 heteroatoms. The predicted octanol–water partition coefficient (Wildman–Crippen LogP) is 3.54. The van der Waals surface area contributed by atoms with Crippen LogP contribution in [0.5, 0.6) is 0 Å². The van der Waals surface area contributed by atoms with Crippen LogP contribution < -0.4 is 0 Å². The van der Waals surface area contributed by atoms with Crippen LogP contribution in [0.3, 0.4) is 0 Å². The first kappa shape index (κ1) is 13.0. The maximum absolute atomic E-state index is 2.28. The third-order valence-corrected chi connectivity index (χ3v) is 1.97. The van der Waals surface area contributed by atoms with Gasteiger partial charge in [-0.15, -0.1) is 29.1 Å². The molecule has 0 atom stereocenters. The minimum Gasteiger partial charge on any atom is -0.163 e. The predicted molar refractivity (Wildman–Crippen MR) is 58.3 cm³/mol. The fraction of sp³-hybridized carbons (Fsp3) is 0.182. The minimum absolute atomic E-state index is 0. The van der Waals surface area contributed by atoms with Gasteiger partial charge in [0.05, 0.1) is 0 Å². The standard InChI is InChI=1S/C11H11.BrH.Ti/c1-2-6-10(5-1)9-11-7-3-4-8-11;;/h1-5,7,9H,6,8H2;1H;/q-1;;. The molecule has 0 unspecified atom stereocenters. The molecule has 0 fully saturated rings. The number of halogens is 1. The van der Waals surface area contributed by atoms with Gasteiger partial charge in [-0.3, -0.25) is 0 Å². The number of hydrogen-bond donors (Lipinski definition) is 0. The first-order valence-electron chi connectivity index (χ1n) is 4.01. The number of allylic oxidation sites excluding steroid dienone is 8. The summed E-state index contributed by atoms with van der Waals surface area (Å²) in [5.41, 5.74) is 2.86. The Balaban J connectivity index is 0.000000720. The molecule has 0 N–H and O–H groups in total. The van der Waals surface area contributed by atoms with Crippen molar-refractivity contribution in [2.24, 2.45) is 0 Å². The van der Waals surface area contributed by atoms with E-state index >= 15 is 0 Å². The first-order valence-corrected chi connectivity index (χ1v) is 4.01. The monoisotopic (exact) mass is 271 g/mol. The second kappa shape index (κ2) is 6.47. The normalized spacial score (nSPS) is 17.2. The minimum atomic E-state index is 0. The van der Waals surface area contributed by atoms with Gasteiger partial charge in [0.1, 0.15) is 0 Å². The van der Waals surface area contributed by atoms with Crippen molar-refractivity contribution >= 4 is 17.0 Å². The van der Waals surface area contributed by atoms with E-state index in [1.807, 2.05) is 0 Å². The maximum atomic E-state index is 2.28. The Labute approximate surface area is 105 Å². The molecule has 0 aromatic carbocycles. The molecule has 2 aliphatic rings. The molecule has 0 amide bonds. The SMILES string of the molecule is Br.C1=CCC([CH-]C2=CC=CC2)=C1.[Ti]. The van der Waals surface area contributed by atoms with Gasteiger partial charge in [-0.1, -0.05) is 12.2 Å². The molecule has 0 bridgehead atoms. The molecule has 0 heterocycles. The maximum Gasteiger partial charge on any atom is 0 e. The van der Waals surface area contributed by atoms with Gasteiger partial charge < -0.3 is 0 Å². The van der Waals surface area contributed by atoms with Crippen molar-refractivity contribution in [2.75, 3.05) is 0 Å². The third kappa shape index (κ3) is 3.72. The van der Waals surface area contributed by atoms with Gasteiger partial charge in [-0.05, 0) is 12.8 Å². The molecular weight excluding hydrogens is 260 g/mol. The fourth-order valence-corrected chi connectivity index (χ4v) is 1.38. The van der Waals surface area contributed by atoms with E-state index in [4.69, 9.17) is 0 Å². The second-order valence-electron chi connectivity index (χ2n) is 2.89. The second-order valence-corrected chi connectivity index (χ2v) is 2.89. The molecule has 0 aliphatic heterocycles. The summed E-state index contributed by atoms with van der Waals surface area (Å²) in [6.07, 6.45) is 17.5. The molecular formula is C11H12BrTi-. The summed E-state index contributed by atoms with van der Waals surface area (Å²) in [4.78, 5) is 0. The van der Waals surface area contributed by atoms with Crippen molar-refractivity contribution in [1.29, 1.82) is 0 Å². The smallest absolute Gasteiger partial charge is 0 e. The number of rotatable bonds is 2. The van der Waals surface area contributed by atoms with Crippen LogP contribution in [-0.2, 0) is 21.7 Å². The van der Waals surface area contributed by atoms with Gasteiger partial charge in [-0.25, -0.2) is 0 Å². The summed E-state index contributed by atoms with van der Waals surface area (Å²) in [6, 6.07) is 0. The molecule has 0 nitrogen and oxygen atoms in total. The summed E-state index contributed by atoms with van der Waals surface area (Å²) >= 11 is 0. The molecule has 0 aromatic rings. The quantitative estimate of drug-likeness (QED) is 0.532. The summed E-state index contributed by atoms with van der Waals surface area (Å²) in [5.74, 6) is 0. The Morgan fingerprint density at radius 1 is 0.923 bits per heavy atom. The molecule has 2 aliphatic carbocycles. The van der Waals surface area contributed by atoms with Gasteiger partial charge in [-0.2, -0.15) is 29.7 Å². The van der Waals surface area contributed by atoms with Crippen molar-refractivity contribution in [3.05, 3.63) is 54.0 Å². The van der Waals surface area contributed by atoms with E-state index in [1.165, 1.54) is 11.1 Å². The molecule has 0 radical (unpaired) electrons. The molecule has 0 saturated heterocycles. The van der Waals surface area contributed by atoms with Crippen LogP contribution in [-0.4, -0.2) is 0 Å². The summed E-state index contributed by atoms with van der Waals surface area (Å²) < 4.78 is 0.